The molecule has 0 amide bonds. The molecule has 0 aromatic carbocycles. The summed E-state index contributed by atoms with van der Waals surface area (Å²) in [4.78, 5) is 37.6. The Bertz CT molecular complexity index is 783. The minimum absolute atomic E-state index is 0.0645. The Kier molecular flexibility index (Phi) is 39.4. The van der Waals surface area contributed by atoms with Crippen LogP contribution in [0.25, 0.3) is 0 Å². The van der Waals surface area contributed by atoms with Crippen molar-refractivity contribution in [2.75, 3.05) is 13.2 Å². The second-order valence-corrected chi connectivity index (χ2v) is 15.9. The number of hydrogen-bond acceptors (Lipinski definition) is 6. The van der Waals surface area contributed by atoms with E-state index in [0.29, 0.717) is 19.3 Å². The molecule has 2 atom stereocenters. The van der Waals surface area contributed by atoms with E-state index in [0.717, 1.165) is 63.7 Å². The topological polar surface area (TPSA) is 78.9 Å². The average molecular weight is 737 g/mol. The third-order valence-corrected chi connectivity index (χ3v) is 10.7. The van der Waals surface area contributed by atoms with Crippen LogP contribution in [0.3, 0.4) is 0 Å². The number of esters is 3. The molecule has 0 aliphatic carbocycles. The lowest BCUT2D eigenvalue weighted by atomic mass is 10.00. The molecule has 6 heteroatoms. The Morgan fingerprint density at radius 3 is 1.00 bits per heavy atom. The molecule has 0 spiro atoms. The number of unbranched alkanes of at least 4 members (excludes halogenated alkanes) is 27. The van der Waals surface area contributed by atoms with Crippen molar-refractivity contribution in [3.63, 3.8) is 0 Å². The summed E-state index contributed by atoms with van der Waals surface area (Å²) in [6.45, 7) is 8.95. The maximum absolute atomic E-state index is 12.6. The standard InChI is InChI=1S/C46H88O6/c1-5-8-10-12-14-16-17-18-19-20-21-23-24-29-33-37-44(47)50-40-43(52-46(49)39-35-31-25-22-15-13-11-9-6-2)41-51-45(48)38-34-30-27-26-28-32-36-42(4)7-3/h42-43H,5-41H2,1-4H3/t42?,43-/m0/s1. The van der Waals surface area contributed by atoms with E-state index in [4.69, 9.17) is 14.2 Å². The van der Waals surface area contributed by atoms with Crippen molar-refractivity contribution in [1.82, 2.24) is 0 Å². The lowest BCUT2D eigenvalue weighted by molar-refractivity contribution is -0.167. The predicted octanol–water partition coefficient (Wildman–Crippen LogP) is 14.3. The molecule has 0 aliphatic rings. The first kappa shape index (κ1) is 50.4. The highest BCUT2D eigenvalue weighted by Crippen LogP contribution is 2.17. The molecule has 0 rings (SSSR count). The van der Waals surface area contributed by atoms with Gasteiger partial charge in [0.1, 0.15) is 13.2 Å². The summed E-state index contributed by atoms with van der Waals surface area (Å²) in [6, 6.07) is 0. The first-order valence-corrected chi connectivity index (χ1v) is 22.9. The zero-order valence-electron chi connectivity index (χ0n) is 35.3. The van der Waals surface area contributed by atoms with Crippen LogP contribution >= 0.6 is 0 Å². The van der Waals surface area contributed by atoms with E-state index < -0.39 is 6.10 Å². The molecule has 0 N–H and O–H groups in total. The SMILES string of the molecule is CCCCCCCCCCCCCCCCCC(=O)OC[C@@H](COC(=O)CCCCCCCCC(C)CC)OC(=O)CCCCCCCCCCC. The highest BCUT2D eigenvalue weighted by molar-refractivity contribution is 5.71. The maximum atomic E-state index is 12.6. The van der Waals surface area contributed by atoms with Crippen LogP contribution in [0.5, 0.6) is 0 Å². The quantitative estimate of drug-likeness (QED) is 0.0353. The van der Waals surface area contributed by atoms with Crippen LogP contribution in [-0.2, 0) is 28.6 Å². The van der Waals surface area contributed by atoms with Crippen LogP contribution in [0.15, 0.2) is 0 Å². The average Bonchev–Trinajstić information content (AvgIpc) is 3.14. The number of ether oxygens (including phenoxy) is 3. The summed E-state index contributed by atoms with van der Waals surface area (Å²) in [7, 11) is 0. The summed E-state index contributed by atoms with van der Waals surface area (Å²) in [5, 5.41) is 0. The number of carbonyl (C=O) groups excluding carboxylic acids is 3. The third-order valence-electron chi connectivity index (χ3n) is 10.7. The zero-order chi connectivity index (χ0) is 38.2. The second kappa shape index (κ2) is 40.6. The van der Waals surface area contributed by atoms with E-state index in [9.17, 15) is 14.4 Å². The Balaban J connectivity index is 4.28. The van der Waals surface area contributed by atoms with Crippen molar-refractivity contribution >= 4 is 17.9 Å². The molecule has 1 unspecified atom stereocenters. The van der Waals surface area contributed by atoms with Crippen LogP contribution < -0.4 is 0 Å². The zero-order valence-corrected chi connectivity index (χ0v) is 35.3. The molecule has 52 heavy (non-hydrogen) atoms. The Hall–Kier alpha value is -1.59. The van der Waals surface area contributed by atoms with Crippen molar-refractivity contribution in [2.24, 2.45) is 5.92 Å². The third kappa shape index (κ3) is 38.1. The fourth-order valence-corrected chi connectivity index (χ4v) is 6.77. The van der Waals surface area contributed by atoms with Gasteiger partial charge in [-0.05, 0) is 25.2 Å². The van der Waals surface area contributed by atoms with Gasteiger partial charge in [-0.2, -0.15) is 0 Å². The maximum Gasteiger partial charge on any atom is 0.306 e. The normalized spacial score (nSPS) is 12.5. The van der Waals surface area contributed by atoms with Crippen LogP contribution in [0, 0.1) is 5.92 Å². The molecule has 0 saturated carbocycles. The predicted molar refractivity (Wildman–Crippen MR) is 220 cm³/mol. The highest BCUT2D eigenvalue weighted by Gasteiger charge is 2.19. The molecular formula is C46H88O6. The van der Waals surface area contributed by atoms with E-state index in [2.05, 4.69) is 27.7 Å². The second-order valence-electron chi connectivity index (χ2n) is 15.9. The van der Waals surface area contributed by atoms with Gasteiger partial charge < -0.3 is 14.2 Å². The summed E-state index contributed by atoms with van der Waals surface area (Å²) < 4.78 is 16.7. The fraction of sp³-hybridized carbons (Fsp3) is 0.935. The van der Waals surface area contributed by atoms with Gasteiger partial charge in [0.2, 0.25) is 0 Å². The molecule has 308 valence electrons. The fourth-order valence-electron chi connectivity index (χ4n) is 6.77. The van der Waals surface area contributed by atoms with Gasteiger partial charge in [0.05, 0.1) is 0 Å². The summed E-state index contributed by atoms with van der Waals surface area (Å²) in [5.41, 5.74) is 0. The van der Waals surface area contributed by atoms with Gasteiger partial charge in [-0.3, -0.25) is 14.4 Å². The Morgan fingerprint density at radius 1 is 0.385 bits per heavy atom. The first-order chi connectivity index (χ1) is 25.4. The minimum Gasteiger partial charge on any atom is -0.462 e. The van der Waals surface area contributed by atoms with Crippen LogP contribution in [0.4, 0.5) is 0 Å². The lowest BCUT2D eigenvalue weighted by Crippen LogP contribution is -2.30. The lowest BCUT2D eigenvalue weighted by Gasteiger charge is -2.18. The van der Waals surface area contributed by atoms with E-state index >= 15 is 0 Å². The van der Waals surface area contributed by atoms with E-state index in [1.165, 1.54) is 148 Å². The first-order valence-electron chi connectivity index (χ1n) is 22.9. The smallest absolute Gasteiger partial charge is 0.306 e. The van der Waals surface area contributed by atoms with Gasteiger partial charge in [-0.15, -0.1) is 0 Å². The van der Waals surface area contributed by atoms with Gasteiger partial charge in [-0.1, -0.05) is 214 Å². The highest BCUT2D eigenvalue weighted by atomic mass is 16.6. The largest absolute Gasteiger partial charge is 0.462 e. The molecule has 0 fully saturated rings. The molecular weight excluding hydrogens is 648 g/mol. The van der Waals surface area contributed by atoms with Gasteiger partial charge in [0.15, 0.2) is 6.10 Å². The molecule has 0 aromatic rings. The molecule has 0 heterocycles. The summed E-state index contributed by atoms with van der Waals surface area (Å²) in [6.07, 6.45) is 39.5. The van der Waals surface area contributed by atoms with Gasteiger partial charge >= 0.3 is 17.9 Å². The van der Waals surface area contributed by atoms with Crippen LogP contribution in [0.1, 0.15) is 252 Å². The number of rotatable bonds is 41. The Morgan fingerprint density at radius 2 is 0.673 bits per heavy atom. The minimum atomic E-state index is -0.759. The molecule has 6 nitrogen and oxygen atoms in total. The van der Waals surface area contributed by atoms with Crippen LogP contribution in [0.2, 0.25) is 0 Å². The molecule has 0 aromatic heterocycles. The monoisotopic (exact) mass is 737 g/mol. The number of carbonyl (C=O) groups is 3. The van der Waals surface area contributed by atoms with Crippen molar-refractivity contribution in [1.29, 1.82) is 0 Å². The van der Waals surface area contributed by atoms with E-state index in [1.807, 2.05) is 0 Å². The molecule has 0 bridgehead atoms. The molecule has 0 radical (unpaired) electrons. The van der Waals surface area contributed by atoms with Crippen LogP contribution in [-0.4, -0.2) is 37.2 Å². The summed E-state index contributed by atoms with van der Waals surface area (Å²) in [5.74, 6) is -0.0445. The van der Waals surface area contributed by atoms with E-state index in [-0.39, 0.29) is 31.1 Å². The van der Waals surface area contributed by atoms with Crippen molar-refractivity contribution < 1.29 is 28.6 Å². The van der Waals surface area contributed by atoms with Gasteiger partial charge in [0.25, 0.3) is 0 Å². The molecule has 0 saturated heterocycles. The van der Waals surface area contributed by atoms with Crippen molar-refractivity contribution in [2.45, 2.75) is 259 Å². The van der Waals surface area contributed by atoms with Crippen molar-refractivity contribution in [3.8, 4) is 0 Å². The van der Waals surface area contributed by atoms with E-state index in [1.54, 1.807) is 0 Å². The summed E-state index contributed by atoms with van der Waals surface area (Å²) >= 11 is 0. The molecule has 0 aliphatic heterocycles. The van der Waals surface area contributed by atoms with Gasteiger partial charge in [-0.25, -0.2) is 0 Å². The Labute approximate surface area is 323 Å². The number of hydrogen-bond donors (Lipinski definition) is 0. The van der Waals surface area contributed by atoms with Gasteiger partial charge in [0, 0.05) is 19.3 Å². The van der Waals surface area contributed by atoms with Crippen molar-refractivity contribution in [3.05, 3.63) is 0 Å².